The molecule has 1 saturated heterocycles. The molecule has 1 aliphatic rings. The Labute approximate surface area is 176 Å². The Kier molecular flexibility index (Phi) is 6.52. The quantitative estimate of drug-likeness (QED) is 0.508. The van der Waals surface area contributed by atoms with Crippen LogP contribution in [0.15, 0.2) is 48.5 Å². The maximum Gasteiger partial charge on any atom is 0.203 e. The molecule has 160 valence electrons. The van der Waals surface area contributed by atoms with Crippen molar-refractivity contribution in [3.8, 4) is 5.75 Å². The largest absolute Gasteiger partial charge is 0.491 e. The number of aliphatic hydroxyl groups excluding tert-OH is 1. The van der Waals surface area contributed by atoms with Crippen LogP contribution in [0.25, 0.3) is 11.0 Å². The summed E-state index contributed by atoms with van der Waals surface area (Å²) in [5.74, 6) is 0.751. The third-order valence-corrected chi connectivity index (χ3v) is 5.69. The van der Waals surface area contributed by atoms with Gasteiger partial charge in [-0.05, 0) is 36.8 Å². The molecule has 1 unspecified atom stereocenters. The van der Waals surface area contributed by atoms with E-state index >= 15 is 0 Å². The molecule has 0 aliphatic carbocycles. The number of benzene rings is 2. The molecule has 3 N–H and O–H groups in total. The Bertz CT molecular complexity index is 1040. The van der Waals surface area contributed by atoms with Crippen LogP contribution >= 0.6 is 0 Å². The third-order valence-electron chi connectivity index (χ3n) is 5.69. The summed E-state index contributed by atoms with van der Waals surface area (Å²) in [5.41, 5.74) is 3.53. The standard InChI is InChI=1S/C23H30N4O3/c1-18-5-4-6-20(15-18)30-17-19(28)16-27-22-8-3-2-7-21(22)26(23(27)24)10-9-25-11-13-29-14-12-25/h2-8,15,19,24,28H,9-14,16-17H2,1H3/p+1. The molecule has 1 atom stereocenters. The van der Waals surface area contributed by atoms with Gasteiger partial charge in [-0.15, -0.1) is 0 Å². The van der Waals surface area contributed by atoms with Crippen molar-refractivity contribution in [2.24, 2.45) is 0 Å². The highest BCUT2D eigenvalue weighted by molar-refractivity contribution is 5.75. The summed E-state index contributed by atoms with van der Waals surface area (Å²) in [7, 11) is 0. The minimum atomic E-state index is -0.705. The lowest BCUT2D eigenvalue weighted by Gasteiger charge is -2.23. The smallest absolute Gasteiger partial charge is 0.203 e. The first kappa shape index (κ1) is 20.7. The summed E-state index contributed by atoms with van der Waals surface area (Å²) in [6.45, 7) is 7.91. The molecule has 1 aromatic heterocycles. The number of imidazole rings is 1. The maximum atomic E-state index is 10.6. The molecule has 0 saturated carbocycles. The van der Waals surface area contributed by atoms with Gasteiger partial charge in [-0.3, -0.25) is 5.41 Å². The topological polar surface area (TPSA) is 76.8 Å². The van der Waals surface area contributed by atoms with E-state index in [4.69, 9.17) is 14.9 Å². The highest BCUT2D eigenvalue weighted by atomic mass is 16.5. The van der Waals surface area contributed by atoms with Crippen molar-refractivity contribution >= 4 is 11.0 Å². The van der Waals surface area contributed by atoms with Gasteiger partial charge in [-0.25, -0.2) is 0 Å². The van der Waals surface area contributed by atoms with Gasteiger partial charge >= 0.3 is 0 Å². The number of aryl methyl sites for hydroxylation is 1. The number of quaternary nitrogens is 1. The number of para-hydroxylation sites is 2. The van der Waals surface area contributed by atoms with E-state index < -0.39 is 6.10 Å². The molecule has 2 heterocycles. The van der Waals surface area contributed by atoms with Gasteiger partial charge in [0.05, 0.1) is 43.9 Å². The fourth-order valence-electron chi connectivity index (χ4n) is 4.05. The Morgan fingerprint density at radius 1 is 1.10 bits per heavy atom. The van der Waals surface area contributed by atoms with Crippen LogP contribution in [0.4, 0.5) is 0 Å². The van der Waals surface area contributed by atoms with Crippen LogP contribution in [0.3, 0.4) is 0 Å². The first-order chi connectivity index (χ1) is 14.6. The van der Waals surface area contributed by atoms with Crippen LogP contribution in [0.2, 0.25) is 0 Å². The normalized spacial score (nSPS) is 16.1. The predicted octanol–water partition coefficient (Wildman–Crippen LogP) is 0.586. The fourth-order valence-corrected chi connectivity index (χ4v) is 4.05. The highest BCUT2D eigenvalue weighted by Gasteiger charge is 2.17. The second kappa shape index (κ2) is 9.47. The first-order valence-corrected chi connectivity index (χ1v) is 10.6. The monoisotopic (exact) mass is 411 g/mol. The van der Waals surface area contributed by atoms with Crippen molar-refractivity contribution in [2.75, 3.05) is 39.5 Å². The van der Waals surface area contributed by atoms with Gasteiger partial charge in [-0.2, -0.15) is 0 Å². The van der Waals surface area contributed by atoms with Crippen molar-refractivity contribution in [1.29, 1.82) is 5.41 Å². The third kappa shape index (κ3) is 4.75. The van der Waals surface area contributed by atoms with E-state index in [2.05, 4.69) is 0 Å². The molecule has 0 bridgehead atoms. The van der Waals surface area contributed by atoms with Crippen molar-refractivity contribution in [3.05, 3.63) is 59.7 Å². The average Bonchev–Trinajstić information content (AvgIpc) is 3.03. The van der Waals surface area contributed by atoms with Crippen LogP contribution in [-0.2, 0) is 17.8 Å². The lowest BCUT2D eigenvalue weighted by molar-refractivity contribution is -0.908. The van der Waals surface area contributed by atoms with E-state index in [0.29, 0.717) is 12.2 Å². The fraction of sp³-hybridized carbons (Fsp3) is 0.435. The van der Waals surface area contributed by atoms with Crippen molar-refractivity contribution in [2.45, 2.75) is 26.1 Å². The van der Waals surface area contributed by atoms with Gasteiger partial charge in [-0.1, -0.05) is 24.3 Å². The number of nitrogens with one attached hydrogen (secondary N) is 2. The van der Waals surface area contributed by atoms with Crippen LogP contribution in [0, 0.1) is 12.3 Å². The molecular formula is C23H31N4O3+. The van der Waals surface area contributed by atoms with Crippen molar-refractivity contribution in [1.82, 2.24) is 9.13 Å². The zero-order valence-corrected chi connectivity index (χ0v) is 17.5. The minimum Gasteiger partial charge on any atom is -0.491 e. The molecule has 1 fully saturated rings. The van der Waals surface area contributed by atoms with Crippen molar-refractivity contribution < 1.29 is 19.5 Å². The molecule has 0 radical (unpaired) electrons. The molecule has 2 aromatic carbocycles. The Balaban J connectivity index is 1.47. The van der Waals surface area contributed by atoms with E-state index in [0.717, 1.165) is 61.7 Å². The lowest BCUT2D eigenvalue weighted by Crippen LogP contribution is -3.14. The number of nitrogens with zero attached hydrogens (tertiary/aromatic N) is 2. The van der Waals surface area contributed by atoms with E-state index in [1.165, 1.54) is 4.90 Å². The van der Waals surface area contributed by atoms with Gasteiger partial charge < -0.3 is 28.6 Å². The molecule has 0 spiro atoms. The summed E-state index contributed by atoms with van der Waals surface area (Å²) in [5, 5.41) is 19.4. The molecule has 4 rings (SSSR count). The van der Waals surface area contributed by atoms with Gasteiger partial charge in [0, 0.05) is 0 Å². The second-order valence-corrected chi connectivity index (χ2v) is 7.97. The number of fused-ring (bicyclic) bond motifs is 1. The van der Waals surface area contributed by atoms with Crippen LogP contribution in [-0.4, -0.2) is 59.8 Å². The van der Waals surface area contributed by atoms with Crippen molar-refractivity contribution in [3.63, 3.8) is 0 Å². The van der Waals surface area contributed by atoms with Crippen LogP contribution in [0.5, 0.6) is 5.75 Å². The first-order valence-electron chi connectivity index (χ1n) is 10.6. The summed E-state index contributed by atoms with van der Waals surface area (Å²) < 4.78 is 15.1. The maximum absolute atomic E-state index is 10.6. The Morgan fingerprint density at radius 3 is 2.57 bits per heavy atom. The Hall–Kier alpha value is -2.61. The SMILES string of the molecule is Cc1cccc(OCC(O)Cn2c(=N)n(CC[NH+]3CCOCC3)c3ccccc32)c1. The number of aliphatic hydroxyl groups is 1. The number of hydrogen-bond donors (Lipinski definition) is 3. The van der Waals surface area contributed by atoms with Gasteiger partial charge in [0.1, 0.15) is 31.5 Å². The highest BCUT2D eigenvalue weighted by Crippen LogP contribution is 2.15. The minimum absolute atomic E-state index is 0.188. The molecule has 1 aliphatic heterocycles. The van der Waals surface area contributed by atoms with E-state index in [-0.39, 0.29) is 6.61 Å². The molecule has 30 heavy (non-hydrogen) atoms. The number of rotatable bonds is 8. The van der Waals surface area contributed by atoms with Gasteiger partial charge in [0.2, 0.25) is 5.62 Å². The lowest BCUT2D eigenvalue weighted by atomic mass is 10.2. The number of hydrogen-bond acceptors (Lipinski definition) is 4. The van der Waals surface area contributed by atoms with Crippen LogP contribution < -0.4 is 15.3 Å². The average molecular weight is 412 g/mol. The number of aromatic nitrogens is 2. The molecular weight excluding hydrogens is 380 g/mol. The molecule has 0 amide bonds. The van der Waals surface area contributed by atoms with E-state index in [1.54, 1.807) is 0 Å². The molecule has 7 heteroatoms. The number of ether oxygens (including phenoxy) is 2. The zero-order valence-electron chi connectivity index (χ0n) is 17.5. The zero-order chi connectivity index (χ0) is 20.9. The Morgan fingerprint density at radius 2 is 1.83 bits per heavy atom. The van der Waals surface area contributed by atoms with Gasteiger partial charge in [0.25, 0.3) is 0 Å². The van der Waals surface area contributed by atoms with Gasteiger partial charge in [0.15, 0.2) is 0 Å². The molecule has 3 aromatic rings. The van der Waals surface area contributed by atoms with Crippen LogP contribution in [0.1, 0.15) is 5.56 Å². The number of morpholine rings is 1. The predicted molar refractivity (Wildman–Crippen MR) is 115 cm³/mol. The molecule has 7 nitrogen and oxygen atoms in total. The van der Waals surface area contributed by atoms with E-state index in [9.17, 15) is 5.11 Å². The summed E-state index contributed by atoms with van der Waals surface area (Å²) in [6, 6.07) is 15.8. The second-order valence-electron chi connectivity index (χ2n) is 7.97. The summed E-state index contributed by atoms with van der Waals surface area (Å²) in [4.78, 5) is 1.51. The van der Waals surface area contributed by atoms with E-state index in [1.807, 2.05) is 64.6 Å². The summed E-state index contributed by atoms with van der Waals surface area (Å²) in [6.07, 6.45) is -0.705. The summed E-state index contributed by atoms with van der Waals surface area (Å²) >= 11 is 0.